The van der Waals surface area contributed by atoms with Crippen LogP contribution in [-0.2, 0) is 12.8 Å². The van der Waals surface area contributed by atoms with Crippen LogP contribution < -0.4 is 0 Å². The molecule has 0 bridgehead atoms. The average molecular weight is 220 g/mol. The molecular weight excluding hydrogens is 196 g/mol. The van der Waals surface area contributed by atoms with Gasteiger partial charge in [-0.25, -0.2) is 0 Å². The zero-order valence-corrected chi connectivity index (χ0v) is 11.2. The van der Waals surface area contributed by atoms with Gasteiger partial charge in [-0.15, -0.1) is 0 Å². The molecule has 0 unspecified atom stereocenters. The molecule has 0 atom stereocenters. The highest BCUT2D eigenvalue weighted by molar-refractivity contribution is 5.42. The minimum absolute atomic E-state index is 0.476. The highest BCUT2D eigenvalue weighted by atomic mass is 16.3. The Kier molecular flexibility index (Phi) is 4.40. The van der Waals surface area contributed by atoms with Crippen molar-refractivity contribution in [2.24, 2.45) is 11.8 Å². The molecule has 0 radical (unpaired) electrons. The quantitative estimate of drug-likeness (QED) is 0.810. The van der Waals surface area contributed by atoms with Crippen LogP contribution in [0.2, 0.25) is 0 Å². The van der Waals surface area contributed by atoms with Gasteiger partial charge in [0.15, 0.2) is 0 Å². The summed E-state index contributed by atoms with van der Waals surface area (Å²) in [5, 5.41) is 10.0. The molecule has 1 N–H and O–H groups in total. The number of rotatable bonds is 4. The first kappa shape index (κ1) is 13.1. The van der Waals surface area contributed by atoms with E-state index in [9.17, 15) is 5.11 Å². The standard InChI is InChI=1S/C15H24O/c1-10(2)6-13-8-12(5)14(7-11(3)4)15(16)9-13/h8-11,16H,6-7H2,1-5H3. The summed E-state index contributed by atoms with van der Waals surface area (Å²) in [5.41, 5.74) is 3.59. The Morgan fingerprint density at radius 3 is 2.00 bits per heavy atom. The lowest BCUT2D eigenvalue weighted by Crippen LogP contribution is -2.00. The van der Waals surface area contributed by atoms with Crippen molar-refractivity contribution in [1.82, 2.24) is 0 Å². The van der Waals surface area contributed by atoms with Crippen molar-refractivity contribution in [1.29, 1.82) is 0 Å². The number of aromatic hydroxyl groups is 1. The molecule has 0 aliphatic carbocycles. The Labute approximate surface area is 99.5 Å². The van der Waals surface area contributed by atoms with Crippen molar-refractivity contribution < 1.29 is 5.11 Å². The molecule has 0 saturated carbocycles. The summed E-state index contributed by atoms with van der Waals surface area (Å²) in [7, 11) is 0. The van der Waals surface area contributed by atoms with Gasteiger partial charge in [-0.3, -0.25) is 0 Å². The molecule has 1 aromatic rings. The van der Waals surface area contributed by atoms with Gasteiger partial charge in [0, 0.05) is 0 Å². The summed E-state index contributed by atoms with van der Waals surface area (Å²) < 4.78 is 0. The van der Waals surface area contributed by atoms with Crippen LogP contribution >= 0.6 is 0 Å². The summed E-state index contributed by atoms with van der Waals surface area (Å²) in [4.78, 5) is 0. The van der Waals surface area contributed by atoms with Gasteiger partial charge in [-0.05, 0) is 54.4 Å². The molecule has 0 fully saturated rings. The van der Waals surface area contributed by atoms with E-state index in [1.54, 1.807) is 0 Å². The predicted molar refractivity (Wildman–Crippen MR) is 69.9 cm³/mol. The molecule has 0 aliphatic rings. The van der Waals surface area contributed by atoms with Crippen molar-refractivity contribution >= 4 is 0 Å². The van der Waals surface area contributed by atoms with Gasteiger partial charge in [0.2, 0.25) is 0 Å². The molecule has 0 heterocycles. The van der Waals surface area contributed by atoms with Crippen molar-refractivity contribution in [3.63, 3.8) is 0 Å². The molecule has 0 amide bonds. The maximum absolute atomic E-state index is 10.0. The monoisotopic (exact) mass is 220 g/mol. The number of hydrogen-bond donors (Lipinski definition) is 1. The van der Waals surface area contributed by atoms with E-state index in [0.717, 1.165) is 18.4 Å². The van der Waals surface area contributed by atoms with Crippen molar-refractivity contribution in [2.45, 2.75) is 47.5 Å². The van der Waals surface area contributed by atoms with Crippen LogP contribution in [0, 0.1) is 18.8 Å². The van der Waals surface area contributed by atoms with E-state index in [1.165, 1.54) is 11.1 Å². The van der Waals surface area contributed by atoms with Crippen LogP contribution in [0.1, 0.15) is 44.4 Å². The maximum atomic E-state index is 10.0. The van der Waals surface area contributed by atoms with Gasteiger partial charge in [0.1, 0.15) is 5.75 Å². The second kappa shape index (κ2) is 5.38. The summed E-state index contributed by atoms with van der Waals surface area (Å²) in [6.45, 7) is 10.9. The van der Waals surface area contributed by atoms with E-state index < -0.39 is 0 Å². The minimum atomic E-state index is 0.476. The van der Waals surface area contributed by atoms with Gasteiger partial charge < -0.3 is 5.11 Å². The zero-order valence-electron chi connectivity index (χ0n) is 11.2. The van der Waals surface area contributed by atoms with Crippen LogP contribution in [0.4, 0.5) is 0 Å². The van der Waals surface area contributed by atoms with Crippen LogP contribution in [-0.4, -0.2) is 5.11 Å². The summed E-state index contributed by atoms with van der Waals surface area (Å²) in [6.07, 6.45) is 2.00. The van der Waals surface area contributed by atoms with E-state index in [-0.39, 0.29) is 0 Å². The molecule has 0 saturated heterocycles. The van der Waals surface area contributed by atoms with E-state index in [4.69, 9.17) is 0 Å². The van der Waals surface area contributed by atoms with Gasteiger partial charge in [0.25, 0.3) is 0 Å². The Morgan fingerprint density at radius 2 is 1.56 bits per heavy atom. The fourth-order valence-electron chi connectivity index (χ4n) is 2.13. The lowest BCUT2D eigenvalue weighted by Gasteiger charge is -2.14. The van der Waals surface area contributed by atoms with Gasteiger partial charge in [-0.1, -0.05) is 33.8 Å². The lowest BCUT2D eigenvalue weighted by atomic mass is 9.93. The van der Waals surface area contributed by atoms with Crippen LogP contribution in [0.3, 0.4) is 0 Å². The first-order chi connectivity index (χ1) is 7.40. The Hall–Kier alpha value is -0.980. The first-order valence-corrected chi connectivity index (χ1v) is 6.21. The van der Waals surface area contributed by atoms with Crippen LogP contribution in [0.15, 0.2) is 12.1 Å². The number of benzene rings is 1. The third-order valence-corrected chi connectivity index (χ3v) is 2.77. The van der Waals surface area contributed by atoms with Crippen LogP contribution in [0.5, 0.6) is 5.75 Å². The summed E-state index contributed by atoms with van der Waals surface area (Å²) >= 11 is 0. The minimum Gasteiger partial charge on any atom is -0.508 e. The fourth-order valence-corrected chi connectivity index (χ4v) is 2.13. The van der Waals surface area contributed by atoms with Crippen molar-refractivity contribution in [3.8, 4) is 5.75 Å². The topological polar surface area (TPSA) is 20.2 Å². The summed E-state index contributed by atoms with van der Waals surface area (Å²) in [6, 6.07) is 4.15. The third-order valence-electron chi connectivity index (χ3n) is 2.77. The van der Waals surface area contributed by atoms with E-state index >= 15 is 0 Å². The molecule has 1 aromatic carbocycles. The fraction of sp³-hybridized carbons (Fsp3) is 0.600. The van der Waals surface area contributed by atoms with E-state index in [2.05, 4.69) is 40.7 Å². The number of phenolic OH excluding ortho intramolecular Hbond substituents is 1. The highest BCUT2D eigenvalue weighted by Crippen LogP contribution is 2.27. The molecule has 1 nitrogen and oxygen atoms in total. The largest absolute Gasteiger partial charge is 0.508 e. The molecular formula is C15H24O. The molecule has 90 valence electrons. The summed E-state index contributed by atoms with van der Waals surface area (Å²) in [5.74, 6) is 1.69. The van der Waals surface area contributed by atoms with Gasteiger partial charge >= 0.3 is 0 Å². The van der Waals surface area contributed by atoms with Crippen molar-refractivity contribution in [2.75, 3.05) is 0 Å². The van der Waals surface area contributed by atoms with Crippen molar-refractivity contribution in [3.05, 3.63) is 28.8 Å². The zero-order chi connectivity index (χ0) is 12.3. The van der Waals surface area contributed by atoms with Crippen LogP contribution in [0.25, 0.3) is 0 Å². The SMILES string of the molecule is Cc1cc(CC(C)C)cc(O)c1CC(C)C. The normalized spacial score (nSPS) is 11.4. The Bertz CT molecular complexity index is 327. The highest BCUT2D eigenvalue weighted by Gasteiger charge is 2.09. The van der Waals surface area contributed by atoms with E-state index in [1.807, 2.05) is 6.07 Å². The second-order valence-corrected chi connectivity index (χ2v) is 5.61. The second-order valence-electron chi connectivity index (χ2n) is 5.61. The maximum Gasteiger partial charge on any atom is 0.119 e. The Balaban J connectivity index is 2.98. The smallest absolute Gasteiger partial charge is 0.119 e. The van der Waals surface area contributed by atoms with E-state index in [0.29, 0.717) is 17.6 Å². The lowest BCUT2D eigenvalue weighted by molar-refractivity contribution is 0.460. The molecule has 0 aliphatic heterocycles. The Morgan fingerprint density at radius 1 is 1.00 bits per heavy atom. The number of hydrogen-bond acceptors (Lipinski definition) is 1. The molecule has 1 rings (SSSR count). The predicted octanol–water partition coefficient (Wildman–Crippen LogP) is 4.10. The van der Waals surface area contributed by atoms with Gasteiger partial charge in [-0.2, -0.15) is 0 Å². The third kappa shape index (κ3) is 3.55. The first-order valence-electron chi connectivity index (χ1n) is 6.21. The van der Waals surface area contributed by atoms with Gasteiger partial charge in [0.05, 0.1) is 0 Å². The average Bonchev–Trinajstić information content (AvgIpc) is 2.10. The molecule has 0 aromatic heterocycles. The number of aryl methyl sites for hydroxylation is 1. The molecule has 0 spiro atoms. The number of phenols is 1. The molecule has 1 heteroatoms. The molecule has 16 heavy (non-hydrogen) atoms.